The lowest BCUT2D eigenvalue weighted by Crippen LogP contribution is -2.21. The smallest absolute Gasteiger partial charge is 0.249 e. The minimum absolute atomic E-state index is 0.169. The first-order valence-corrected chi connectivity index (χ1v) is 12.5. The standard InChI is InChI=1S/C31H27N3O4/c1-37-28-14-25-21(13-24(28)18-8-10-33-11-9-18)17-38-27-7-6-23(31(32)36)29(30(25)27)20(16-35)12-19-15-34-26-5-3-2-4-22(19)26/h2-11,13-15,20,34-35H,12,16-17H2,1H3,(H2,32,36)/t20-/m0/s1. The summed E-state index contributed by atoms with van der Waals surface area (Å²) in [5.74, 6) is 0.392. The molecule has 190 valence electrons. The summed E-state index contributed by atoms with van der Waals surface area (Å²) in [6, 6.07) is 19.4. The largest absolute Gasteiger partial charge is 0.496 e. The van der Waals surface area contributed by atoms with Crippen LogP contribution in [0.4, 0.5) is 0 Å². The predicted octanol–water partition coefficient (Wildman–Crippen LogP) is 5.22. The molecule has 0 unspecified atom stereocenters. The van der Waals surface area contributed by atoms with Gasteiger partial charge in [0.1, 0.15) is 18.1 Å². The lowest BCUT2D eigenvalue weighted by molar-refractivity contribution is 0.0998. The fraction of sp³-hybridized carbons (Fsp3) is 0.161. The Balaban J connectivity index is 1.54. The molecule has 4 N–H and O–H groups in total. The quantitative estimate of drug-likeness (QED) is 0.281. The van der Waals surface area contributed by atoms with E-state index in [1.54, 1.807) is 31.6 Å². The summed E-state index contributed by atoms with van der Waals surface area (Å²) in [6.07, 6.45) is 5.96. The topological polar surface area (TPSA) is 110 Å². The molecule has 0 saturated heterocycles. The van der Waals surface area contributed by atoms with E-state index in [1.165, 1.54) is 0 Å². The molecular formula is C31H27N3O4. The Bertz CT molecular complexity index is 1660. The third kappa shape index (κ3) is 3.97. The lowest BCUT2D eigenvalue weighted by atomic mass is 9.80. The van der Waals surface area contributed by atoms with E-state index >= 15 is 0 Å². The number of aromatic amines is 1. The van der Waals surface area contributed by atoms with Gasteiger partial charge in [0, 0.05) is 52.1 Å². The third-order valence-electron chi connectivity index (χ3n) is 7.31. The molecule has 7 heteroatoms. The second-order valence-electron chi connectivity index (χ2n) is 9.44. The van der Waals surface area contributed by atoms with E-state index in [-0.39, 0.29) is 6.61 Å². The summed E-state index contributed by atoms with van der Waals surface area (Å²) in [6.45, 7) is 0.198. The Morgan fingerprint density at radius 3 is 2.71 bits per heavy atom. The molecule has 2 aromatic heterocycles. The first-order valence-electron chi connectivity index (χ1n) is 12.5. The molecule has 0 aliphatic carbocycles. The number of fused-ring (bicyclic) bond motifs is 4. The summed E-state index contributed by atoms with van der Waals surface area (Å²) in [4.78, 5) is 20.1. The van der Waals surface area contributed by atoms with Gasteiger partial charge in [-0.25, -0.2) is 0 Å². The molecule has 0 fully saturated rings. The molecule has 3 aromatic carbocycles. The number of aliphatic hydroxyl groups is 1. The number of nitrogens with two attached hydrogens (primary N) is 1. The van der Waals surface area contributed by atoms with Gasteiger partial charge in [0.2, 0.25) is 5.91 Å². The van der Waals surface area contributed by atoms with E-state index in [9.17, 15) is 9.90 Å². The first kappa shape index (κ1) is 23.8. The molecule has 0 radical (unpaired) electrons. The van der Waals surface area contributed by atoms with Crippen molar-refractivity contribution in [2.24, 2.45) is 5.73 Å². The second-order valence-corrected chi connectivity index (χ2v) is 9.44. The molecule has 0 spiro atoms. The number of primary amides is 1. The number of para-hydroxylation sites is 1. The maximum absolute atomic E-state index is 12.7. The van der Waals surface area contributed by atoms with Gasteiger partial charge in [0.15, 0.2) is 0 Å². The van der Waals surface area contributed by atoms with Crippen molar-refractivity contribution in [1.82, 2.24) is 9.97 Å². The monoisotopic (exact) mass is 505 g/mol. The Morgan fingerprint density at radius 2 is 1.95 bits per heavy atom. The molecule has 38 heavy (non-hydrogen) atoms. The van der Waals surface area contributed by atoms with Gasteiger partial charge in [0.05, 0.1) is 13.7 Å². The average Bonchev–Trinajstić information content (AvgIpc) is 3.37. The van der Waals surface area contributed by atoms with Crippen LogP contribution < -0.4 is 15.2 Å². The zero-order chi connectivity index (χ0) is 26.2. The van der Waals surface area contributed by atoms with Crippen LogP contribution in [0.25, 0.3) is 33.2 Å². The molecule has 5 aromatic rings. The number of aliphatic hydroxyl groups excluding tert-OH is 1. The van der Waals surface area contributed by atoms with E-state index in [0.29, 0.717) is 35.7 Å². The number of nitrogens with zero attached hydrogens (tertiary/aromatic N) is 1. The van der Waals surface area contributed by atoms with Crippen LogP contribution in [0.5, 0.6) is 11.5 Å². The Hall–Kier alpha value is -4.62. The molecule has 1 amide bonds. The normalized spacial score (nSPS) is 12.9. The van der Waals surface area contributed by atoms with Crippen molar-refractivity contribution in [3.63, 3.8) is 0 Å². The fourth-order valence-electron chi connectivity index (χ4n) is 5.52. The van der Waals surface area contributed by atoms with Crippen LogP contribution in [0.2, 0.25) is 0 Å². The first-order chi connectivity index (χ1) is 18.6. The van der Waals surface area contributed by atoms with Crippen molar-refractivity contribution < 1.29 is 19.4 Å². The van der Waals surface area contributed by atoms with Gasteiger partial charge in [-0.15, -0.1) is 0 Å². The van der Waals surface area contributed by atoms with Gasteiger partial charge in [-0.05, 0) is 76.7 Å². The maximum Gasteiger partial charge on any atom is 0.249 e. The van der Waals surface area contributed by atoms with Crippen molar-refractivity contribution in [1.29, 1.82) is 0 Å². The molecule has 1 atom stereocenters. The number of amides is 1. The molecular weight excluding hydrogens is 478 g/mol. The molecule has 3 heterocycles. The molecule has 1 aliphatic rings. The van der Waals surface area contributed by atoms with E-state index in [1.807, 2.05) is 42.6 Å². The zero-order valence-corrected chi connectivity index (χ0v) is 20.9. The number of aromatic nitrogens is 2. The van der Waals surface area contributed by atoms with E-state index < -0.39 is 11.8 Å². The number of pyridine rings is 1. The second kappa shape index (κ2) is 9.68. The van der Waals surface area contributed by atoms with Crippen LogP contribution in [0.1, 0.15) is 33.0 Å². The summed E-state index contributed by atoms with van der Waals surface area (Å²) < 4.78 is 12.0. The van der Waals surface area contributed by atoms with Gasteiger partial charge in [-0.2, -0.15) is 0 Å². The summed E-state index contributed by atoms with van der Waals surface area (Å²) in [5, 5.41) is 11.7. The van der Waals surface area contributed by atoms with Crippen molar-refractivity contribution in [3.8, 4) is 33.8 Å². The van der Waals surface area contributed by atoms with Gasteiger partial charge in [-0.3, -0.25) is 9.78 Å². The van der Waals surface area contributed by atoms with Crippen LogP contribution in [0.15, 0.2) is 79.3 Å². The number of H-pyrrole nitrogens is 1. The molecule has 6 rings (SSSR count). The predicted molar refractivity (Wildman–Crippen MR) is 146 cm³/mol. The third-order valence-corrected chi connectivity index (χ3v) is 7.31. The molecule has 1 aliphatic heterocycles. The summed E-state index contributed by atoms with van der Waals surface area (Å²) in [5.41, 5.74) is 13.5. The van der Waals surface area contributed by atoms with E-state index in [4.69, 9.17) is 15.2 Å². The van der Waals surface area contributed by atoms with Gasteiger partial charge < -0.3 is 25.3 Å². The van der Waals surface area contributed by atoms with Crippen molar-refractivity contribution >= 4 is 16.8 Å². The summed E-state index contributed by atoms with van der Waals surface area (Å²) >= 11 is 0. The van der Waals surface area contributed by atoms with Crippen LogP contribution in [0, 0.1) is 0 Å². The molecule has 0 bridgehead atoms. The highest BCUT2D eigenvalue weighted by Crippen LogP contribution is 2.48. The highest BCUT2D eigenvalue weighted by atomic mass is 16.5. The number of carbonyl (C=O) groups is 1. The number of ether oxygens (including phenoxy) is 2. The van der Waals surface area contributed by atoms with Gasteiger partial charge >= 0.3 is 0 Å². The zero-order valence-electron chi connectivity index (χ0n) is 20.9. The lowest BCUT2D eigenvalue weighted by Gasteiger charge is -2.29. The van der Waals surface area contributed by atoms with Crippen LogP contribution >= 0.6 is 0 Å². The van der Waals surface area contributed by atoms with Crippen molar-refractivity contribution in [3.05, 3.63) is 102 Å². The number of hydrogen-bond acceptors (Lipinski definition) is 5. The number of nitrogens with one attached hydrogen (secondary N) is 1. The van der Waals surface area contributed by atoms with Crippen molar-refractivity contribution in [2.75, 3.05) is 13.7 Å². The number of rotatable bonds is 7. The minimum Gasteiger partial charge on any atom is -0.496 e. The Labute approximate surface area is 219 Å². The van der Waals surface area contributed by atoms with Crippen LogP contribution in [-0.2, 0) is 13.0 Å². The van der Waals surface area contributed by atoms with Gasteiger partial charge in [0.25, 0.3) is 0 Å². The van der Waals surface area contributed by atoms with Crippen LogP contribution in [0.3, 0.4) is 0 Å². The number of carbonyl (C=O) groups excluding carboxylic acids is 1. The Kier molecular flexibility index (Phi) is 6.05. The molecule has 7 nitrogen and oxygen atoms in total. The minimum atomic E-state index is -0.548. The van der Waals surface area contributed by atoms with Gasteiger partial charge in [-0.1, -0.05) is 18.2 Å². The van der Waals surface area contributed by atoms with Crippen molar-refractivity contribution in [2.45, 2.75) is 18.9 Å². The number of hydrogen-bond donors (Lipinski definition) is 3. The fourth-order valence-corrected chi connectivity index (χ4v) is 5.52. The average molecular weight is 506 g/mol. The van der Waals surface area contributed by atoms with E-state index in [2.05, 4.69) is 22.1 Å². The van der Waals surface area contributed by atoms with Crippen LogP contribution in [-0.4, -0.2) is 34.7 Å². The summed E-state index contributed by atoms with van der Waals surface area (Å²) in [7, 11) is 1.64. The molecule has 0 saturated carbocycles. The highest BCUT2D eigenvalue weighted by molar-refractivity contribution is 5.99. The maximum atomic E-state index is 12.7. The number of methoxy groups -OCH3 is 1. The van der Waals surface area contributed by atoms with E-state index in [0.717, 1.165) is 44.3 Å². The Morgan fingerprint density at radius 1 is 1.13 bits per heavy atom. The highest BCUT2D eigenvalue weighted by Gasteiger charge is 2.30. The number of benzene rings is 3. The SMILES string of the molecule is COc1cc2c(cc1-c1ccncc1)COc1ccc(C(N)=O)c([C@H](CO)Cc3c[nH]c4ccccc34)c1-2.